The van der Waals surface area contributed by atoms with E-state index in [4.69, 9.17) is 9.05 Å². The number of quaternary nitrogens is 1. The second-order valence-electron chi connectivity index (χ2n) is 17.8. The minimum absolute atomic E-state index is 0.0114. The number of hydrogen-bond acceptors (Lipinski definition) is 6. The van der Waals surface area contributed by atoms with Gasteiger partial charge in [0.05, 0.1) is 39.9 Å². The van der Waals surface area contributed by atoms with Gasteiger partial charge in [0, 0.05) is 6.42 Å². The van der Waals surface area contributed by atoms with Crippen LogP contribution in [0.3, 0.4) is 0 Å². The Morgan fingerprint density at radius 2 is 0.982 bits per heavy atom. The maximum Gasteiger partial charge on any atom is 0.268 e. The zero-order valence-corrected chi connectivity index (χ0v) is 38.7. The smallest absolute Gasteiger partial charge is 0.268 e. The highest BCUT2D eigenvalue weighted by molar-refractivity contribution is 7.45. The van der Waals surface area contributed by atoms with E-state index in [1.165, 1.54) is 154 Å². The summed E-state index contributed by atoms with van der Waals surface area (Å²) in [5, 5.41) is 13.9. The van der Waals surface area contributed by atoms with Gasteiger partial charge in [0.25, 0.3) is 7.82 Å². The second kappa shape index (κ2) is 39.7. The first-order valence-corrected chi connectivity index (χ1v) is 25.5. The van der Waals surface area contributed by atoms with E-state index in [2.05, 4.69) is 31.3 Å². The zero-order chi connectivity index (χ0) is 41.4. The Morgan fingerprint density at radius 3 is 1.39 bits per heavy atom. The van der Waals surface area contributed by atoms with Gasteiger partial charge in [0.15, 0.2) is 0 Å². The third kappa shape index (κ3) is 41.4. The number of phosphoric acid groups is 1. The lowest BCUT2D eigenvalue weighted by Crippen LogP contribution is -2.46. The molecule has 3 unspecified atom stereocenters. The standard InChI is InChI=1S/C47H95N2O6P/c1-6-8-10-12-14-16-18-20-21-22-23-24-25-26-27-29-30-32-34-36-38-40-46(50)45(44-55-56(52,53)54-43-42-49(3,4)5)48-47(51)41-39-37-35-33-31-28-19-17-15-13-11-9-7-2/h28,31,45-46,50H,6-27,29-30,32-44H2,1-5H3,(H-,48,51,52,53)/b31-28-. The fraction of sp³-hybridized carbons (Fsp3) is 0.936. The Labute approximate surface area is 348 Å². The Bertz CT molecular complexity index is 927. The van der Waals surface area contributed by atoms with Crippen molar-refractivity contribution >= 4 is 13.7 Å². The van der Waals surface area contributed by atoms with Crippen molar-refractivity contribution in [3.8, 4) is 0 Å². The van der Waals surface area contributed by atoms with Crippen LogP contribution in [-0.4, -0.2) is 68.5 Å². The lowest BCUT2D eigenvalue weighted by Gasteiger charge is -2.30. The van der Waals surface area contributed by atoms with Gasteiger partial charge in [-0.1, -0.05) is 199 Å². The van der Waals surface area contributed by atoms with Gasteiger partial charge in [-0.05, 0) is 38.5 Å². The van der Waals surface area contributed by atoms with Gasteiger partial charge in [0.1, 0.15) is 13.2 Å². The largest absolute Gasteiger partial charge is 0.756 e. The first-order valence-electron chi connectivity index (χ1n) is 24.0. The van der Waals surface area contributed by atoms with Crippen molar-refractivity contribution in [3.05, 3.63) is 12.2 Å². The molecule has 1 amide bonds. The lowest BCUT2D eigenvalue weighted by atomic mass is 10.0. The van der Waals surface area contributed by atoms with E-state index < -0.39 is 20.0 Å². The van der Waals surface area contributed by atoms with E-state index in [-0.39, 0.29) is 19.1 Å². The molecule has 0 aliphatic carbocycles. The molecule has 8 nitrogen and oxygen atoms in total. The van der Waals surface area contributed by atoms with Crippen LogP contribution in [0, 0.1) is 0 Å². The second-order valence-corrected chi connectivity index (χ2v) is 19.2. The van der Waals surface area contributed by atoms with Crippen molar-refractivity contribution in [2.24, 2.45) is 0 Å². The summed E-state index contributed by atoms with van der Waals surface area (Å²) in [4.78, 5) is 25.3. The first kappa shape index (κ1) is 55.2. The summed E-state index contributed by atoms with van der Waals surface area (Å²) in [7, 11) is 1.30. The fourth-order valence-corrected chi connectivity index (χ4v) is 7.88. The zero-order valence-electron chi connectivity index (χ0n) is 37.9. The van der Waals surface area contributed by atoms with Gasteiger partial charge in [-0.3, -0.25) is 9.36 Å². The van der Waals surface area contributed by atoms with Gasteiger partial charge >= 0.3 is 0 Å². The Balaban J connectivity index is 4.26. The Hall–Kier alpha value is -0.760. The third-order valence-electron chi connectivity index (χ3n) is 11.0. The average molecular weight is 815 g/mol. The normalized spacial score (nSPS) is 14.3. The summed E-state index contributed by atoms with van der Waals surface area (Å²) in [6.45, 7) is 4.72. The van der Waals surface area contributed by atoms with Crippen molar-refractivity contribution in [1.82, 2.24) is 5.32 Å². The van der Waals surface area contributed by atoms with Gasteiger partial charge in [-0.2, -0.15) is 0 Å². The van der Waals surface area contributed by atoms with Gasteiger partial charge in [-0.25, -0.2) is 0 Å². The lowest BCUT2D eigenvalue weighted by molar-refractivity contribution is -0.870. The maximum absolute atomic E-state index is 12.9. The predicted molar refractivity (Wildman–Crippen MR) is 238 cm³/mol. The van der Waals surface area contributed by atoms with E-state index >= 15 is 0 Å². The van der Waals surface area contributed by atoms with Crippen molar-refractivity contribution in [2.45, 2.75) is 244 Å². The van der Waals surface area contributed by atoms with Crippen molar-refractivity contribution in [3.63, 3.8) is 0 Å². The SMILES string of the molecule is CCCCCCCC/C=C\CCCCCC(=O)NC(COP(=O)([O-])OCC[N+](C)(C)C)C(O)CCCCCCCCCCCCCCCCCCCCCCC. The molecule has 0 aromatic carbocycles. The van der Waals surface area contributed by atoms with Gasteiger partial charge in [-0.15, -0.1) is 0 Å². The monoisotopic (exact) mass is 815 g/mol. The number of nitrogens with zero attached hydrogens (tertiary/aromatic N) is 1. The van der Waals surface area contributed by atoms with Crippen LogP contribution in [0.15, 0.2) is 12.2 Å². The summed E-state index contributed by atoms with van der Waals surface area (Å²) in [6, 6.07) is -0.804. The van der Waals surface area contributed by atoms with E-state index in [9.17, 15) is 19.4 Å². The molecule has 56 heavy (non-hydrogen) atoms. The number of likely N-dealkylation sites (N-methyl/N-ethyl adjacent to an activating group) is 1. The van der Waals surface area contributed by atoms with Crippen molar-refractivity contribution in [2.75, 3.05) is 40.9 Å². The van der Waals surface area contributed by atoms with Crippen LogP contribution in [0.4, 0.5) is 0 Å². The molecule has 0 aromatic heterocycles. The molecule has 0 aliphatic heterocycles. The van der Waals surface area contributed by atoms with Gasteiger partial charge in [0.2, 0.25) is 5.91 Å². The number of unbranched alkanes of at least 4 members (excludes halogenated alkanes) is 29. The molecule has 334 valence electrons. The molecule has 0 saturated heterocycles. The first-order chi connectivity index (χ1) is 27.0. The molecule has 0 spiro atoms. The molecule has 0 heterocycles. The number of aliphatic hydroxyl groups is 1. The number of carbonyl (C=O) groups excluding carboxylic acids is 1. The number of aliphatic hydroxyl groups excluding tert-OH is 1. The van der Waals surface area contributed by atoms with E-state index in [1.807, 2.05) is 21.1 Å². The van der Waals surface area contributed by atoms with E-state index in [1.54, 1.807) is 0 Å². The summed E-state index contributed by atoms with van der Waals surface area (Å²) in [5.74, 6) is -0.179. The summed E-state index contributed by atoms with van der Waals surface area (Å²) < 4.78 is 23.3. The topological polar surface area (TPSA) is 108 Å². The van der Waals surface area contributed by atoms with E-state index in [0.717, 1.165) is 51.4 Å². The Morgan fingerprint density at radius 1 is 0.607 bits per heavy atom. The molecule has 0 fully saturated rings. The maximum atomic E-state index is 12.9. The molecule has 2 N–H and O–H groups in total. The van der Waals surface area contributed by atoms with Crippen LogP contribution in [0.2, 0.25) is 0 Å². The number of nitrogens with one attached hydrogen (secondary N) is 1. The van der Waals surface area contributed by atoms with Crippen LogP contribution < -0.4 is 10.2 Å². The summed E-state index contributed by atoms with van der Waals surface area (Å²) in [5.41, 5.74) is 0. The van der Waals surface area contributed by atoms with Crippen LogP contribution in [0.1, 0.15) is 232 Å². The molecule has 3 atom stereocenters. The molecular formula is C47H95N2O6P. The van der Waals surface area contributed by atoms with Crippen LogP contribution in [0.5, 0.6) is 0 Å². The molecule has 0 aromatic rings. The number of rotatable bonds is 44. The molecule has 0 radical (unpaired) electrons. The minimum Gasteiger partial charge on any atom is -0.756 e. The molecule has 0 rings (SSSR count). The van der Waals surface area contributed by atoms with Crippen molar-refractivity contribution < 1.29 is 32.9 Å². The highest BCUT2D eigenvalue weighted by atomic mass is 31.2. The number of hydrogen-bond donors (Lipinski definition) is 2. The summed E-state index contributed by atoms with van der Waals surface area (Å²) >= 11 is 0. The number of amides is 1. The highest BCUT2D eigenvalue weighted by Crippen LogP contribution is 2.38. The molecular weight excluding hydrogens is 719 g/mol. The van der Waals surface area contributed by atoms with Crippen molar-refractivity contribution in [1.29, 1.82) is 0 Å². The quantitative estimate of drug-likeness (QED) is 0.0274. The third-order valence-corrected chi connectivity index (χ3v) is 12.0. The van der Waals surface area contributed by atoms with Gasteiger partial charge < -0.3 is 28.8 Å². The van der Waals surface area contributed by atoms with Crippen LogP contribution in [0.25, 0.3) is 0 Å². The number of carbonyl (C=O) groups is 1. The van der Waals surface area contributed by atoms with E-state index in [0.29, 0.717) is 23.9 Å². The highest BCUT2D eigenvalue weighted by Gasteiger charge is 2.24. The molecule has 9 heteroatoms. The molecule has 0 bridgehead atoms. The predicted octanol–water partition coefficient (Wildman–Crippen LogP) is 12.9. The average Bonchev–Trinajstić information content (AvgIpc) is 3.15. The van der Waals surface area contributed by atoms with Crippen LogP contribution >= 0.6 is 7.82 Å². The van der Waals surface area contributed by atoms with Crippen LogP contribution in [-0.2, 0) is 18.4 Å². The fourth-order valence-electron chi connectivity index (χ4n) is 7.15. The summed E-state index contributed by atoms with van der Waals surface area (Å²) in [6.07, 6.45) is 45.1. The minimum atomic E-state index is -4.56. The molecule has 0 saturated carbocycles. The molecule has 0 aliphatic rings. The Kier molecular flexibility index (Phi) is 39.1. The number of phosphoric ester groups is 1. The number of allylic oxidation sites excluding steroid dienone is 2.